The van der Waals surface area contributed by atoms with E-state index in [0.29, 0.717) is 5.82 Å². The number of hydrogen-bond acceptors (Lipinski definition) is 6. The van der Waals surface area contributed by atoms with Crippen LogP contribution < -0.4 is 10.6 Å². The number of esters is 1. The Labute approximate surface area is 126 Å². The van der Waals surface area contributed by atoms with E-state index in [2.05, 4.69) is 34.4 Å². The summed E-state index contributed by atoms with van der Waals surface area (Å²) in [7, 11) is 1.38. The molecule has 118 valence electrons. The minimum absolute atomic E-state index is 0.312. The largest absolute Gasteiger partial charge is 0.467 e. The molecule has 0 aromatic carbocycles. The van der Waals surface area contributed by atoms with Crippen LogP contribution in [-0.4, -0.2) is 35.6 Å². The lowest BCUT2D eigenvalue weighted by molar-refractivity contribution is -0.141. The Bertz CT molecular complexity index is 477. The van der Waals surface area contributed by atoms with E-state index >= 15 is 0 Å². The van der Waals surface area contributed by atoms with Gasteiger partial charge in [0.25, 0.3) is 0 Å². The summed E-state index contributed by atoms with van der Waals surface area (Å²) in [6.07, 6.45) is 2.80. The number of anilines is 2. The van der Waals surface area contributed by atoms with E-state index in [9.17, 15) is 4.79 Å². The van der Waals surface area contributed by atoms with Crippen molar-refractivity contribution in [1.82, 2.24) is 9.97 Å². The number of aryl methyl sites for hydroxylation is 1. The zero-order valence-corrected chi connectivity index (χ0v) is 13.6. The Morgan fingerprint density at radius 3 is 2.48 bits per heavy atom. The van der Waals surface area contributed by atoms with Gasteiger partial charge in [-0.05, 0) is 26.7 Å². The van der Waals surface area contributed by atoms with Crippen LogP contribution in [0.2, 0.25) is 0 Å². The molecule has 0 aliphatic carbocycles. The molecule has 21 heavy (non-hydrogen) atoms. The topological polar surface area (TPSA) is 76.1 Å². The summed E-state index contributed by atoms with van der Waals surface area (Å²) in [5.41, 5.74) is 0.916. The van der Waals surface area contributed by atoms with Crippen LogP contribution >= 0.6 is 0 Å². The van der Waals surface area contributed by atoms with Crippen LogP contribution in [0, 0.1) is 6.92 Å². The molecule has 1 rings (SSSR count). The van der Waals surface area contributed by atoms with Gasteiger partial charge in [-0.2, -0.15) is 0 Å². The van der Waals surface area contributed by atoms with Crippen LogP contribution in [0.1, 0.15) is 45.0 Å². The number of nitrogens with one attached hydrogen (secondary N) is 2. The Hall–Kier alpha value is -1.85. The van der Waals surface area contributed by atoms with Crippen molar-refractivity contribution in [2.45, 2.75) is 53.0 Å². The molecule has 2 N–H and O–H groups in total. The molecule has 1 heterocycles. The minimum Gasteiger partial charge on any atom is -0.467 e. The summed E-state index contributed by atoms with van der Waals surface area (Å²) < 4.78 is 4.74. The van der Waals surface area contributed by atoms with Crippen molar-refractivity contribution in [3.05, 3.63) is 11.4 Å². The number of methoxy groups -OCH3 is 1. The minimum atomic E-state index is -0.447. The summed E-state index contributed by atoms with van der Waals surface area (Å²) in [6, 6.07) is -0.447. The maximum absolute atomic E-state index is 11.6. The number of nitrogens with zero attached hydrogens (tertiary/aromatic N) is 2. The van der Waals surface area contributed by atoms with Gasteiger partial charge >= 0.3 is 5.97 Å². The zero-order valence-electron chi connectivity index (χ0n) is 13.6. The normalized spacial score (nSPS) is 11.9. The molecule has 0 aliphatic heterocycles. The van der Waals surface area contributed by atoms with E-state index in [4.69, 9.17) is 4.74 Å². The Kier molecular flexibility index (Phi) is 6.91. The van der Waals surface area contributed by atoms with Gasteiger partial charge in [0.1, 0.15) is 23.5 Å². The molecule has 6 nitrogen and oxygen atoms in total. The lowest BCUT2D eigenvalue weighted by atomic mass is 10.2. The van der Waals surface area contributed by atoms with Crippen LogP contribution in [0.5, 0.6) is 0 Å². The Morgan fingerprint density at radius 2 is 1.90 bits per heavy atom. The van der Waals surface area contributed by atoms with Crippen molar-refractivity contribution in [3.8, 4) is 0 Å². The quantitative estimate of drug-likeness (QED) is 0.718. The second kappa shape index (κ2) is 8.44. The smallest absolute Gasteiger partial charge is 0.328 e. The fourth-order valence-corrected chi connectivity index (χ4v) is 1.90. The number of ether oxygens (including phenoxy) is 1. The van der Waals surface area contributed by atoms with Crippen molar-refractivity contribution in [2.24, 2.45) is 0 Å². The molecule has 0 saturated heterocycles. The number of aromatic nitrogens is 2. The van der Waals surface area contributed by atoms with E-state index in [-0.39, 0.29) is 5.97 Å². The summed E-state index contributed by atoms with van der Waals surface area (Å²) in [4.78, 5) is 20.6. The number of hydrogen-bond donors (Lipinski definition) is 2. The molecule has 0 fully saturated rings. The van der Waals surface area contributed by atoms with Gasteiger partial charge in [-0.15, -0.1) is 0 Å². The van der Waals surface area contributed by atoms with E-state index in [1.54, 1.807) is 6.92 Å². The van der Waals surface area contributed by atoms with Gasteiger partial charge < -0.3 is 15.4 Å². The first-order chi connectivity index (χ1) is 10.0. The number of rotatable bonds is 8. The molecule has 6 heteroatoms. The van der Waals surface area contributed by atoms with Crippen molar-refractivity contribution in [2.75, 3.05) is 24.3 Å². The highest BCUT2D eigenvalue weighted by atomic mass is 16.5. The summed E-state index contributed by atoms with van der Waals surface area (Å²) in [5, 5.41) is 6.42. The van der Waals surface area contributed by atoms with Crippen LogP contribution in [0.3, 0.4) is 0 Å². The molecular weight excluding hydrogens is 268 g/mol. The molecule has 1 unspecified atom stereocenters. The fourth-order valence-electron chi connectivity index (χ4n) is 1.90. The molecule has 0 bridgehead atoms. The van der Waals surface area contributed by atoms with Crippen molar-refractivity contribution < 1.29 is 9.53 Å². The van der Waals surface area contributed by atoms with Crippen molar-refractivity contribution >= 4 is 17.6 Å². The zero-order chi connectivity index (χ0) is 15.8. The van der Waals surface area contributed by atoms with E-state index in [1.807, 2.05) is 6.92 Å². The molecule has 0 amide bonds. The van der Waals surface area contributed by atoms with Crippen LogP contribution in [0.25, 0.3) is 0 Å². The Balaban J connectivity index is 3.04. The van der Waals surface area contributed by atoms with E-state index in [0.717, 1.165) is 43.0 Å². The second-order valence-corrected chi connectivity index (χ2v) is 5.03. The van der Waals surface area contributed by atoms with E-state index < -0.39 is 6.04 Å². The van der Waals surface area contributed by atoms with Gasteiger partial charge in [-0.3, -0.25) is 0 Å². The molecule has 0 saturated carbocycles. The molecule has 0 spiro atoms. The first kappa shape index (κ1) is 17.2. The van der Waals surface area contributed by atoms with Crippen molar-refractivity contribution in [3.63, 3.8) is 0 Å². The second-order valence-electron chi connectivity index (χ2n) is 5.03. The van der Waals surface area contributed by atoms with Gasteiger partial charge in [0.2, 0.25) is 0 Å². The average Bonchev–Trinajstić information content (AvgIpc) is 2.48. The number of carbonyl (C=O) groups is 1. The lowest BCUT2D eigenvalue weighted by Gasteiger charge is -2.17. The first-order valence-electron chi connectivity index (χ1n) is 7.49. The van der Waals surface area contributed by atoms with Gasteiger partial charge in [0, 0.05) is 18.5 Å². The maximum Gasteiger partial charge on any atom is 0.328 e. The third-order valence-corrected chi connectivity index (χ3v) is 3.12. The SMILES string of the molecule is CCCNc1nc(CCC)nc(NC(C)C(=O)OC)c1C. The van der Waals surface area contributed by atoms with Gasteiger partial charge in [0.05, 0.1) is 7.11 Å². The first-order valence-corrected chi connectivity index (χ1v) is 7.49. The fraction of sp³-hybridized carbons (Fsp3) is 0.667. The van der Waals surface area contributed by atoms with Crippen LogP contribution in [-0.2, 0) is 16.0 Å². The molecule has 1 aromatic rings. The highest BCUT2D eigenvalue weighted by Gasteiger charge is 2.17. The lowest BCUT2D eigenvalue weighted by Crippen LogP contribution is -2.28. The highest BCUT2D eigenvalue weighted by Crippen LogP contribution is 2.21. The summed E-state index contributed by atoms with van der Waals surface area (Å²) in [5.74, 6) is 1.98. The van der Waals surface area contributed by atoms with Gasteiger partial charge in [-0.1, -0.05) is 13.8 Å². The molecular formula is C15H26N4O2. The van der Waals surface area contributed by atoms with Crippen LogP contribution in [0.4, 0.5) is 11.6 Å². The predicted molar refractivity (Wildman–Crippen MR) is 84.6 cm³/mol. The number of carbonyl (C=O) groups excluding carboxylic acids is 1. The molecule has 0 aliphatic rings. The standard InChI is InChI=1S/C15H26N4O2/c1-6-8-12-18-13(16-9-7-2)10(3)14(19-12)17-11(4)15(20)21-5/h11H,6-9H2,1-5H3,(H2,16,17,18,19). The summed E-state index contributed by atoms with van der Waals surface area (Å²) >= 11 is 0. The maximum atomic E-state index is 11.6. The highest BCUT2D eigenvalue weighted by molar-refractivity contribution is 5.79. The average molecular weight is 294 g/mol. The van der Waals surface area contributed by atoms with Gasteiger partial charge in [-0.25, -0.2) is 14.8 Å². The predicted octanol–water partition coefficient (Wildman–Crippen LogP) is 2.53. The summed E-state index contributed by atoms with van der Waals surface area (Å²) in [6.45, 7) is 8.75. The van der Waals surface area contributed by atoms with Crippen LogP contribution in [0.15, 0.2) is 0 Å². The van der Waals surface area contributed by atoms with Crippen molar-refractivity contribution in [1.29, 1.82) is 0 Å². The van der Waals surface area contributed by atoms with E-state index in [1.165, 1.54) is 7.11 Å². The Morgan fingerprint density at radius 1 is 1.24 bits per heavy atom. The third kappa shape index (κ3) is 4.88. The monoisotopic (exact) mass is 294 g/mol. The third-order valence-electron chi connectivity index (χ3n) is 3.12. The molecule has 1 aromatic heterocycles. The van der Waals surface area contributed by atoms with Gasteiger partial charge in [0.15, 0.2) is 0 Å². The molecule has 1 atom stereocenters. The molecule has 0 radical (unpaired) electrons.